The number of β-amino-alcohol motifs (C(OH)–C–C–N with tert-alkyl or cyclic N) is 1. The third-order valence-corrected chi connectivity index (χ3v) is 10.1. The highest BCUT2D eigenvalue weighted by Crippen LogP contribution is 2.41. The zero-order valence-electron chi connectivity index (χ0n) is 29.0. The van der Waals surface area contributed by atoms with Gasteiger partial charge in [-0.15, -0.1) is 0 Å². The monoisotopic (exact) mass is 710 g/mol. The van der Waals surface area contributed by atoms with Crippen molar-refractivity contribution in [2.24, 2.45) is 0 Å². The molecule has 1 aromatic heterocycles. The lowest BCUT2D eigenvalue weighted by atomic mass is 9.93. The summed E-state index contributed by atoms with van der Waals surface area (Å²) < 4.78 is 19.0. The molecule has 0 spiro atoms. The minimum Gasteiger partial charge on any atom is -0.493 e. The molecule has 1 atom stereocenters. The Kier molecular flexibility index (Phi) is 11.7. The number of pyridine rings is 1. The topological polar surface area (TPSA) is 128 Å². The zero-order valence-corrected chi connectivity index (χ0v) is 29.8. The normalized spacial score (nSPS) is 16.0. The van der Waals surface area contributed by atoms with Crippen molar-refractivity contribution in [2.75, 3.05) is 39.3 Å². The van der Waals surface area contributed by atoms with E-state index in [4.69, 9.17) is 25.8 Å². The second kappa shape index (κ2) is 16.6. The van der Waals surface area contributed by atoms with Gasteiger partial charge in [-0.3, -0.25) is 14.7 Å². The Morgan fingerprint density at radius 2 is 1.75 bits per heavy atom. The molecule has 0 amide bonds. The fraction of sp³-hybridized carbons (Fsp3) is 0.375. The maximum absolute atomic E-state index is 11.5. The highest BCUT2D eigenvalue weighted by molar-refractivity contribution is 6.33. The van der Waals surface area contributed by atoms with Crippen LogP contribution in [0.1, 0.15) is 51.8 Å². The number of carboxylic acids is 1. The smallest absolute Gasteiger partial charge is 0.317 e. The van der Waals surface area contributed by atoms with E-state index in [9.17, 15) is 20.3 Å². The number of benzene rings is 3. The van der Waals surface area contributed by atoms with Gasteiger partial charge in [0, 0.05) is 62.3 Å². The molecule has 266 valence electrons. The summed E-state index contributed by atoms with van der Waals surface area (Å²) in [5, 5.41) is 29.0. The van der Waals surface area contributed by atoms with Crippen LogP contribution in [-0.4, -0.2) is 76.4 Å². The molecule has 0 saturated carbocycles. The number of rotatable bonds is 14. The average molecular weight is 711 g/mol. The molecule has 51 heavy (non-hydrogen) atoms. The number of aliphatic hydroxyl groups excluding tert-OH is 1. The molecule has 3 aromatic carbocycles. The lowest BCUT2D eigenvalue weighted by Crippen LogP contribution is -2.35. The molecule has 0 radical (unpaired) electrons. The van der Waals surface area contributed by atoms with Gasteiger partial charge in [0.25, 0.3) is 0 Å². The molecule has 1 fully saturated rings. The fourth-order valence-electron chi connectivity index (χ4n) is 6.89. The van der Waals surface area contributed by atoms with Crippen LogP contribution < -0.4 is 14.2 Å². The van der Waals surface area contributed by atoms with Gasteiger partial charge in [0.2, 0.25) is 0 Å². The molecule has 2 N–H and O–H groups in total. The summed E-state index contributed by atoms with van der Waals surface area (Å²) >= 11 is 6.99. The second-order valence-electron chi connectivity index (χ2n) is 13.2. The van der Waals surface area contributed by atoms with Crippen LogP contribution in [0.25, 0.3) is 11.1 Å². The van der Waals surface area contributed by atoms with Gasteiger partial charge in [-0.05, 0) is 78.6 Å². The largest absolute Gasteiger partial charge is 0.493 e. The molecule has 2 aliphatic rings. The van der Waals surface area contributed by atoms with Crippen LogP contribution in [0.3, 0.4) is 0 Å². The van der Waals surface area contributed by atoms with Gasteiger partial charge in [-0.25, -0.2) is 0 Å². The van der Waals surface area contributed by atoms with Crippen LogP contribution in [0.15, 0.2) is 60.9 Å². The van der Waals surface area contributed by atoms with E-state index in [2.05, 4.69) is 41.9 Å². The van der Waals surface area contributed by atoms with Gasteiger partial charge in [-0.1, -0.05) is 41.9 Å². The first kappa shape index (κ1) is 36.1. The van der Waals surface area contributed by atoms with E-state index in [1.54, 1.807) is 18.3 Å². The van der Waals surface area contributed by atoms with Crippen LogP contribution in [0.2, 0.25) is 5.02 Å². The van der Waals surface area contributed by atoms with Crippen molar-refractivity contribution in [2.45, 2.75) is 59.0 Å². The fourth-order valence-corrected chi connectivity index (χ4v) is 7.21. The van der Waals surface area contributed by atoms with Crippen molar-refractivity contribution in [1.29, 1.82) is 5.26 Å². The molecular weight excluding hydrogens is 668 g/mol. The van der Waals surface area contributed by atoms with Crippen LogP contribution in [0.4, 0.5) is 0 Å². The maximum atomic E-state index is 11.5. The number of aromatic nitrogens is 1. The molecule has 10 nitrogen and oxygen atoms in total. The van der Waals surface area contributed by atoms with E-state index >= 15 is 0 Å². The Hall–Kier alpha value is -4.66. The number of fused-ring (bicyclic) bond motifs is 1. The number of nitrogens with zero attached hydrogens (tertiary/aromatic N) is 4. The van der Waals surface area contributed by atoms with Gasteiger partial charge in [0.1, 0.15) is 36.5 Å². The number of halogens is 1. The highest BCUT2D eigenvalue weighted by atomic mass is 35.5. The number of nitriles is 1. The number of carbonyl (C=O) groups is 1. The predicted molar refractivity (Wildman–Crippen MR) is 194 cm³/mol. The molecule has 3 heterocycles. The van der Waals surface area contributed by atoms with E-state index in [-0.39, 0.29) is 25.9 Å². The third-order valence-electron chi connectivity index (χ3n) is 9.67. The molecule has 1 saturated heterocycles. The molecule has 0 aliphatic carbocycles. The Bertz CT molecular complexity index is 1930. The van der Waals surface area contributed by atoms with Crippen molar-refractivity contribution in [1.82, 2.24) is 14.8 Å². The number of ether oxygens (including phenoxy) is 3. The Balaban J connectivity index is 1.19. The molecular formula is C40H43ClN4O6. The van der Waals surface area contributed by atoms with Crippen molar-refractivity contribution in [3.05, 3.63) is 105 Å². The first-order valence-corrected chi connectivity index (χ1v) is 17.7. The number of aliphatic carboxylic acids is 1. The minimum absolute atomic E-state index is 0.0858. The minimum atomic E-state index is -0.895. The van der Waals surface area contributed by atoms with Crippen LogP contribution in [0.5, 0.6) is 17.2 Å². The molecule has 4 aromatic rings. The van der Waals surface area contributed by atoms with Crippen molar-refractivity contribution in [3.8, 4) is 34.4 Å². The lowest BCUT2D eigenvalue weighted by Gasteiger charge is -2.30. The molecule has 0 bridgehead atoms. The molecule has 2 aliphatic heterocycles. The van der Waals surface area contributed by atoms with Gasteiger partial charge >= 0.3 is 5.97 Å². The second-order valence-corrected chi connectivity index (χ2v) is 13.6. The number of hydrogen-bond acceptors (Lipinski definition) is 9. The quantitative estimate of drug-likeness (QED) is 0.143. The highest BCUT2D eigenvalue weighted by Gasteiger charge is 2.27. The average Bonchev–Trinajstić information content (AvgIpc) is 3.55. The van der Waals surface area contributed by atoms with E-state index in [0.29, 0.717) is 48.2 Å². The van der Waals surface area contributed by atoms with Crippen LogP contribution in [-0.2, 0) is 31.0 Å². The predicted octanol–water partition coefficient (Wildman–Crippen LogP) is 6.33. The summed E-state index contributed by atoms with van der Waals surface area (Å²) in [6.45, 7) is 8.65. The third kappa shape index (κ3) is 8.81. The summed E-state index contributed by atoms with van der Waals surface area (Å²) in [4.78, 5) is 19.8. The maximum Gasteiger partial charge on any atom is 0.317 e. The van der Waals surface area contributed by atoms with Crippen molar-refractivity contribution >= 4 is 17.6 Å². The number of hydrogen-bond donors (Lipinski definition) is 2. The summed E-state index contributed by atoms with van der Waals surface area (Å²) in [6.07, 6.45) is 5.23. The first-order valence-electron chi connectivity index (χ1n) is 17.3. The summed E-state index contributed by atoms with van der Waals surface area (Å²) in [5.41, 5.74) is 8.24. The summed E-state index contributed by atoms with van der Waals surface area (Å²) in [6, 6.07) is 17.9. The molecule has 0 unspecified atom stereocenters. The SMILES string of the molecule is Cc1c(COc2cc(OCc3cncc(C#N)c3)c3c(c2Cl)CCN(CC(=O)O)C3)cccc1-c1cccc(OCCCN2CC[C@H](O)C2)c1C. The number of aliphatic hydroxyl groups is 1. The Morgan fingerprint density at radius 3 is 2.51 bits per heavy atom. The Labute approximate surface area is 303 Å². The summed E-state index contributed by atoms with van der Waals surface area (Å²) in [7, 11) is 0. The van der Waals surface area contributed by atoms with E-state index in [1.807, 2.05) is 29.2 Å². The van der Waals surface area contributed by atoms with Crippen molar-refractivity contribution < 1.29 is 29.2 Å². The van der Waals surface area contributed by atoms with E-state index in [1.165, 1.54) is 6.20 Å². The molecule has 11 heteroatoms. The zero-order chi connectivity index (χ0) is 35.9. The van der Waals surface area contributed by atoms with Crippen molar-refractivity contribution in [3.63, 3.8) is 0 Å². The first-order chi connectivity index (χ1) is 24.7. The van der Waals surface area contributed by atoms with Gasteiger partial charge < -0.3 is 29.3 Å². The number of carboxylic acid groups (broad SMARTS) is 1. The van der Waals surface area contributed by atoms with Gasteiger partial charge in [0.15, 0.2) is 0 Å². The molecule has 6 rings (SSSR count). The number of likely N-dealkylation sites (tertiary alicyclic amines) is 1. The standard InChI is InChI=1S/C40H43ClN4O6/c1-26-30(6-3-7-32(26)33-8-4-9-36(27(33)2)49-15-5-12-44-13-10-31(46)21-44)25-51-38-17-37(50-24-29-16-28(18-42)19-43-20-29)35-22-45(23-39(47)48)14-11-34(35)40(38)41/h3-4,6-9,16-17,19-20,31,46H,5,10-15,21-25H2,1-2H3,(H,47,48)/t31-/m0/s1. The van der Waals surface area contributed by atoms with E-state index in [0.717, 1.165) is 82.7 Å². The van der Waals surface area contributed by atoms with Crippen LogP contribution >= 0.6 is 11.6 Å². The Morgan fingerprint density at radius 1 is 0.961 bits per heavy atom. The van der Waals surface area contributed by atoms with Crippen LogP contribution in [0, 0.1) is 25.2 Å². The lowest BCUT2D eigenvalue weighted by molar-refractivity contribution is -0.138. The van der Waals surface area contributed by atoms with Gasteiger partial charge in [0.05, 0.1) is 29.8 Å². The van der Waals surface area contributed by atoms with E-state index < -0.39 is 5.97 Å². The summed E-state index contributed by atoms with van der Waals surface area (Å²) in [5.74, 6) is 1.01. The van der Waals surface area contributed by atoms with Gasteiger partial charge in [-0.2, -0.15) is 5.26 Å².